The van der Waals surface area contributed by atoms with Gasteiger partial charge in [-0.05, 0) is 17.2 Å². The first-order valence-corrected chi connectivity index (χ1v) is 7.53. The third kappa shape index (κ3) is 3.22. The Balaban J connectivity index is 1.90. The lowest BCUT2D eigenvalue weighted by Gasteiger charge is -2.20. The van der Waals surface area contributed by atoms with E-state index in [4.69, 9.17) is 16.3 Å². The maximum absolute atomic E-state index is 14.4. The Bertz CT molecular complexity index is 676. The highest BCUT2D eigenvalue weighted by Gasteiger charge is 2.20. The quantitative estimate of drug-likeness (QED) is 0.934. The third-order valence-electron chi connectivity index (χ3n) is 3.60. The molecule has 3 rings (SSSR count). The van der Waals surface area contributed by atoms with Crippen molar-refractivity contribution in [1.82, 2.24) is 5.32 Å². The Morgan fingerprint density at radius 1 is 1.18 bits per heavy atom. The molecule has 1 aliphatic rings. The summed E-state index contributed by atoms with van der Waals surface area (Å²) >= 11 is 5.93. The van der Waals surface area contributed by atoms with E-state index in [1.54, 1.807) is 18.2 Å². The van der Waals surface area contributed by atoms with E-state index < -0.39 is 0 Å². The van der Waals surface area contributed by atoms with Crippen molar-refractivity contribution in [2.45, 2.75) is 5.92 Å². The first-order valence-electron chi connectivity index (χ1n) is 7.15. The zero-order valence-electron chi connectivity index (χ0n) is 11.9. The molecule has 0 amide bonds. The van der Waals surface area contributed by atoms with E-state index in [-0.39, 0.29) is 16.8 Å². The predicted molar refractivity (Wildman–Crippen MR) is 86.0 cm³/mol. The molecule has 2 aromatic rings. The SMILES string of the molecule is Fc1c(Cl)cccc1C(CNC1=NCCO1)c1ccccc1. The number of benzene rings is 2. The minimum atomic E-state index is -0.380. The lowest BCUT2D eigenvalue weighted by molar-refractivity contribution is 0.331. The topological polar surface area (TPSA) is 33.6 Å². The van der Waals surface area contributed by atoms with Crippen molar-refractivity contribution in [2.75, 3.05) is 19.7 Å². The Hall–Kier alpha value is -2.07. The van der Waals surface area contributed by atoms with Crippen molar-refractivity contribution in [2.24, 2.45) is 4.99 Å². The fraction of sp³-hybridized carbons (Fsp3) is 0.235. The largest absolute Gasteiger partial charge is 0.463 e. The Kier molecular flexibility index (Phi) is 4.59. The van der Waals surface area contributed by atoms with Crippen LogP contribution in [0.2, 0.25) is 5.02 Å². The number of nitrogens with zero attached hydrogens (tertiary/aromatic N) is 1. The summed E-state index contributed by atoms with van der Waals surface area (Å²) in [5.41, 5.74) is 1.57. The van der Waals surface area contributed by atoms with Gasteiger partial charge in [-0.2, -0.15) is 0 Å². The molecular formula is C17H16ClFN2O. The molecule has 3 nitrogen and oxygen atoms in total. The Labute approximate surface area is 133 Å². The second-order valence-corrected chi connectivity index (χ2v) is 5.43. The fourth-order valence-corrected chi connectivity index (χ4v) is 2.70. The van der Waals surface area contributed by atoms with Gasteiger partial charge in [-0.3, -0.25) is 0 Å². The van der Waals surface area contributed by atoms with Gasteiger partial charge < -0.3 is 10.1 Å². The number of nitrogens with one attached hydrogen (secondary N) is 1. The summed E-state index contributed by atoms with van der Waals surface area (Å²) in [4.78, 5) is 4.20. The number of halogens is 2. The minimum absolute atomic E-state index is 0.132. The van der Waals surface area contributed by atoms with Crippen molar-refractivity contribution < 1.29 is 9.13 Å². The molecule has 0 spiro atoms. The van der Waals surface area contributed by atoms with E-state index >= 15 is 0 Å². The first-order chi connectivity index (χ1) is 10.8. The molecule has 114 valence electrons. The van der Waals surface area contributed by atoms with Gasteiger partial charge in [0.2, 0.25) is 0 Å². The molecule has 1 atom stereocenters. The molecule has 1 aliphatic heterocycles. The summed E-state index contributed by atoms with van der Waals surface area (Å²) in [5, 5.41) is 3.28. The molecule has 0 aromatic heterocycles. The fourth-order valence-electron chi connectivity index (χ4n) is 2.51. The molecule has 1 unspecified atom stereocenters. The molecule has 0 saturated heterocycles. The minimum Gasteiger partial charge on any atom is -0.463 e. The lowest BCUT2D eigenvalue weighted by atomic mass is 9.91. The van der Waals surface area contributed by atoms with Crippen LogP contribution in [0.5, 0.6) is 0 Å². The van der Waals surface area contributed by atoms with Crippen molar-refractivity contribution in [3.63, 3.8) is 0 Å². The van der Waals surface area contributed by atoms with Crippen LogP contribution < -0.4 is 5.32 Å². The molecule has 0 saturated carbocycles. The van der Waals surface area contributed by atoms with Crippen LogP contribution in [-0.4, -0.2) is 25.7 Å². The normalized spacial score (nSPS) is 15.1. The van der Waals surface area contributed by atoms with E-state index in [0.717, 1.165) is 5.56 Å². The molecule has 1 N–H and O–H groups in total. The van der Waals surface area contributed by atoms with Crippen LogP contribution in [-0.2, 0) is 4.74 Å². The summed E-state index contributed by atoms with van der Waals surface area (Å²) in [7, 11) is 0. The second-order valence-electron chi connectivity index (χ2n) is 5.02. The number of amidine groups is 1. The van der Waals surface area contributed by atoms with Gasteiger partial charge >= 0.3 is 0 Å². The van der Waals surface area contributed by atoms with Gasteiger partial charge in [0.25, 0.3) is 6.02 Å². The van der Waals surface area contributed by atoms with Gasteiger partial charge in [-0.15, -0.1) is 0 Å². The number of aliphatic imine (C=N–C) groups is 1. The zero-order chi connectivity index (χ0) is 15.4. The molecule has 0 fully saturated rings. The highest BCUT2D eigenvalue weighted by Crippen LogP contribution is 2.29. The van der Waals surface area contributed by atoms with Crippen LogP contribution in [0.1, 0.15) is 17.0 Å². The Morgan fingerprint density at radius 2 is 2.00 bits per heavy atom. The van der Waals surface area contributed by atoms with Gasteiger partial charge in [0, 0.05) is 12.5 Å². The summed E-state index contributed by atoms with van der Waals surface area (Å²) < 4.78 is 19.8. The maximum atomic E-state index is 14.4. The molecule has 0 bridgehead atoms. The van der Waals surface area contributed by atoms with Gasteiger partial charge in [-0.25, -0.2) is 9.38 Å². The summed E-state index contributed by atoms with van der Waals surface area (Å²) in [6.07, 6.45) is 0. The standard InChI is InChI=1S/C17H16ClFN2O/c18-15-8-4-7-13(16(15)19)14(12-5-2-1-3-6-12)11-21-17-20-9-10-22-17/h1-8,14H,9-11H2,(H,20,21). The molecule has 1 heterocycles. The maximum Gasteiger partial charge on any atom is 0.284 e. The zero-order valence-corrected chi connectivity index (χ0v) is 12.7. The third-order valence-corrected chi connectivity index (χ3v) is 3.89. The smallest absolute Gasteiger partial charge is 0.284 e. The van der Waals surface area contributed by atoms with Crippen LogP contribution in [0.3, 0.4) is 0 Å². The highest BCUT2D eigenvalue weighted by molar-refractivity contribution is 6.30. The second kappa shape index (κ2) is 6.79. The summed E-state index contributed by atoms with van der Waals surface area (Å²) in [6, 6.07) is 15.4. The van der Waals surface area contributed by atoms with Gasteiger partial charge in [0.15, 0.2) is 0 Å². The van der Waals surface area contributed by atoms with Crippen LogP contribution >= 0.6 is 11.6 Å². The van der Waals surface area contributed by atoms with Crippen LogP contribution in [0.4, 0.5) is 4.39 Å². The lowest BCUT2D eigenvalue weighted by Crippen LogP contribution is -2.29. The van der Waals surface area contributed by atoms with Crippen molar-refractivity contribution in [3.8, 4) is 0 Å². The highest BCUT2D eigenvalue weighted by atomic mass is 35.5. The van der Waals surface area contributed by atoms with E-state index in [1.807, 2.05) is 30.3 Å². The number of hydrogen-bond donors (Lipinski definition) is 1. The van der Waals surface area contributed by atoms with Gasteiger partial charge in [0.1, 0.15) is 12.4 Å². The predicted octanol–water partition coefficient (Wildman–Crippen LogP) is 3.59. The number of rotatable bonds is 4. The van der Waals surface area contributed by atoms with Crippen molar-refractivity contribution in [3.05, 3.63) is 70.5 Å². The molecule has 0 aliphatic carbocycles. The molecule has 2 aromatic carbocycles. The first kappa shape index (κ1) is 14.9. The van der Waals surface area contributed by atoms with Gasteiger partial charge in [-0.1, -0.05) is 54.1 Å². The van der Waals surface area contributed by atoms with Crippen molar-refractivity contribution in [1.29, 1.82) is 0 Å². The molecule has 5 heteroatoms. The van der Waals surface area contributed by atoms with E-state index in [9.17, 15) is 4.39 Å². The molecule has 22 heavy (non-hydrogen) atoms. The summed E-state index contributed by atoms with van der Waals surface area (Å²) in [6.45, 7) is 1.73. The van der Waals surface area contributed by atoms with Crippen molar-refractivity contribution >= 4 is 17.6 Å². The van der Waals surface area contributed by atoms with E-state index in [1.165, 1.54) is 0 Å². The number of ether oxygens (including phenoxy) is 1. The van der Waals surface area contributed by atoms with Crippen LogP contribution in [0, 0.1) is 5.82 Å². The monoisotopic (exact) mass is 318 g/mol. The number of hydrogen-bond acceptors (Lipinski definition) is 3. The molecular weight excluding hydrogens is 303 g/mol. The van der Waals surface area contributed by atoms with E-state index in [0.29, 0.717) is 31.3 Å². The molecule has 0 radical (unpaired) electrons. The van der Waals surface area contributed by atoms with Gasteiger partial charge in [0.05, 0.1) is 11.6 Å². The Morgan fingerprint density at radius 3 is 2.73 bits per heavy atom. The van der Waals surface area contributed by atoms with E-state index in [2.05, 4.69) is 10.3 Å². The average Bonchev–Trinajstić information content (AvgIpc) is 3.06. The average molecular weight is 319 g/mol. The van der Waals surface area contributed by atoms with Crippen LogP contribution in [0.25, 0.3) is 0 Å². The van der Waals surface area contributed by atoms with Crippen LogP contribution in [0.15, 0.2) is 53.5 Å². The summed E-state index contributed by atoms with van der Waals surface area (Å²) in [5.74, 6) is -0.555.